The largest absolute Gasteiger partial charge is 0.497 e. The topological polar surface area (TPSA) is 183 Å². The molecular formula is C90H94O19. The molecule has 3 aliphatic rings. The Kier molecular flexibility index (Phi) is 28.9. The predicted molar refractivity (Wildman–Crippen MR) is 406 cm³/mol. The van der Waals surface area contributed by atoms with E-state index in [1.165, 1.54) is 6.92 Å². The summed E-state index contributed by atoms with van der Waals surface area (Å²) < 4.78 is 126. The monoisotopic (exact) mass is 1480 g/mol. The second-order valence-electron chi connectivity index (χ2n) is 26.7. The van der Waals surface area contributed by atoms with Gasteiger partial charge in [0.05, 0.1) is 67.1 Å². The third-order valence-corrected chi connectivity index (χ3v) is 19.0. The van der Waals surface area contributed by atoms with E-state index >= 15 is 0 Å². The third-order valence-electron chi connectivity index (χ3n) is 19.0. The fraction of sp³-hybridized carbons (Fsp3) is 0.322. The first-order chi connectivity index (χ1) is 53.7. The predicted octanol–water partition coefficient (Wildman–Crippen LogP) is 15.0. The Bertz CT molecular complexity index is 4200. The van der Waals surface area contributed by atoms with Gasteiger partial charge in [0, 0.05) is 6.92 Å². The molecule has 0 aromatic heterocycles. The van der Waals surface area contributed by atoms with Crippen LogP contribution in [0.1, 0.15) is 51.4 Å². The van der Waals surface area contributed by atoms with Crippen molar-refractivity contribution < 1.29 is 90.1 Å². The van der Waals surface area contributed by atoms with Gasteiger partial charge in [-0.25, -0.2) is 0 Å². The summed E-state index contributed by atoms with van der Waals surface area (Å²) in [5.74, 6) is 1.78. The lowest BCUT2D eigenvalue weighted by molar-refractivity contribution is -0.394. The molecule has 109 heavy (non-hydrogen) atoms. The first kappa shape index (κ1) is 77.5. The van der Waals surface area contributed by atoms with Crippen LogP contribution in [0.2, 0.25) is 0 Å². The minimum Gasteiger partial charge on any atom is -0.497 e. The number of hydrogen-bond acceptors (Lipinski definition) is 19. The average molecular weight is 1480 g/mol. The van der Waals surface area contributed by atoms with Crippen molar-refractivity contribution in [3.63, 3.8) is 0 Å². The van der Waals surface area contributed by atoms with E-state index in [1.54, 1.807) is 14.2 Å². The Morgan fingerprint density at radius 1 is 0.257 bits per heavy atom. The molecule has 10 aromatic carbocycles. The summed E-state index contributed by atoms with van der Waals surface area (Å²) in [4.78, 5) is 13.6. The van der Waals surface area contributed by atoms with E-state index < -0.39 is 98.1 Å². The Hall–Kier alpha value is -9.65. The zero-order chi connectivity index (χ0) is 74.6. The second-order valence-corrected chi connectivity index (χ2v) is 26.7. The van der Waals surface area contributed by atoms with Crippen LogP contribution < -0.4 is 18.9 Å². The summed E-state index contributed by atoms with van der Waals surface area (Å²) in [7, 11) is 3.22. The van der Waals surface area contributed by atoms with Gasteiger partial charge in [0.15, 0.2) is 18.9 Å². The van der Waals surface area contributed by atoms with Gasteiger partial charge in [-0.1, -0.05) is 243 Å². The van der Waals surface area contributed by atoms with Crippen molar-refractivity contribution in [2.45, 2.75) is 152 Å². The van der Waals surface area contributed by atoms with E-state index in [2.05, 4.69) is 0 Å². The number of rotatable bonds is 38. The summed E-state index contributed by atoms with van der Waals surface area (Å²) in [5, 5.41) is 0. The molecule has 0 aliphatic carbocycles. The lowest BCUT2D eigenvalue weighted by atomic mass is 9.95. The molecule has 0 bridgehead atoms. The highest BCUT2D eigenvalue weighted by molar-refractivity contribution is 5.65. The van der Waals surface area contributed by atoms with Crippen LogP contribution >= 0.6 is 0 Å². The summed E-state index contributed by atoms with van der Waals surface area (Å²) in [5.41, 5.74) is 7.02. The zero-order valence-electron chi connectivity index (χ0n) is 61.4. The minimum atomic E-state index is -1.43. The fourth-order valence-electron chi connectivity index (χ4n) is 13.3. The number of esters is 1. The Labute approximate surface area is 637 Å². The molecule has 0 N–H and O–H groups in total. The van der Waals surface area contributed by atoms with Crippen molar-refractivity contribution in [1.82, 2.24) is 0 Å². The maximum atomic E-state index is 13.6. The maximum absolute atomic E-state index is 13.6. The molecule has 0 spiro atoms. The highest BCUT2D eigenvalue weighted by Crippen LogP contribution is 2.40. The van der Waals surface area contributed by atoms with Gasteiger partial charge in [-0.15, -0.1) is 0 Å². The highest BCUT2D eigenvalue weighted by atomic mass is 16.8. The van der Waals surface area contributed by atoms with Gasteiger partial charge in [-0.3, -0.25) is 4.79 Å². The van der Waals surface area contributed by atoms with Gasteiger partial charge >= 0.3 is 5.97 Å². The Morgan fingerprint density at radius 2 is 0.486 bits per heavy atom. The molecule has 10 aromatic rings. The van der Waals surface area contributed by atoms with E-state index in [9.17, 15) is 4.79 Å². The fourth-order valence-corrected chi connectivity index (χ4v) is 13.3. The molecule has 3 fully saturated rings. The van der Waals surface area contributed by atoms with Crippen molar-refractivity contribution >= 4 is 5.97 Å². The zero-order valence-corrected chi connectivity index (χ0v) is 61.4. The number of carbonyl (C=O) groups is 1. The van der Waals surface area contributed by atoms with E-state index in [0.29, 0.717) is 23.0 Å². The molecule has 3 saturated heterocycles. The van der Waals surface area contributed by atoms with Gasteiger partial charge in [0.25, 0.3) is 0 Å². The Morgan fingerprint density at radius 3 is 0.780 bits per heavy atom. The van der Waals surface area contributed by atoms with Gasteiger partial charge in [0.2, 0.25) is 0 Å². The van der Waals surface area contributed by atoms with Gasteiger partial charge in [-0.05, 0) is 93.0 Å². The minimum absolute atomic E-state index is 0.0297. The third kappa shape index (κ3) is 22.5. The Balaban J connectivity index is 0.941. The molecule has 13 rings (SSSR count). The number of ether oxygens (including phenoxy) is 18. The van der Waals surface area contributed by atoms with Gasteiger partial charge in [-0.2, -0.15) is 0 Å². The van der Waals surface area contributed by atoms with Crippen molar-refractivity contribution in [3.8, 4) is 23.0 Å². The first-order valence-electron chi connectivity index (χ1n) is 36.9. The highest BCUT2D eigenvalue weighted by Gasteiger charge is 2.58. The lowest BCUT2D eigenvalue weighted by Crippen LogP contribution is -2.68. The van der Waals surface area contributed by atoms with Crippen LogP contribution in [0.3, 0.4) is 0 Å². The van der Waals surface area contributed by atoms with Crippen LogP contribution in [-0.4, -0.2) is 132 Å². The van der Waals surface area contributed by atoms with E-state index in [1.807, 2.05) is 291 Å². The molecule has 0 amide bonds. The molecular weight excluding hydrogens is 1380 g/mol. The molecule has 568 valence electrons. The van der Waals surface area contributed by atoms with Crippen molar-refractivity contribution in [2.24, 2.45) is 0 Å². The molecule has 3 aliphatic heterocycles. The van der Waals surface area contributed by atoms with Crippen molar-refractivity contribution in [3.05, 3.63) is 336 Å². The maximum Gasteiger partial charge on any atom is 0.302 e. The van der Waals surface area contributed by atoms with Crippen LogP contribution in [0.4, 0.5) is 0 Å². The van der Waals surface area contributed by atoms with Crippen molar-refractivity contribution in [2.75, 3.05) is 34.0 Å². The van der Waals surface area contributed by atoms with E-state index in [0.717, 1.165) is 44.5 Å². The number of hydrogen-bond donors (Lipinski definition) is 0. The number of benzene rings is 10. The average Bonchev–Trinajstić information content (AvgIpc) is 0.797. The van der Waals surface area contributed by atoms with E-state index in [-0.39, 0.29) is 72.7 Å². The number of carbonyl (C=O) groups excluding carboxylic acids is 1. The first-order valence-corrected chi connectivity index (χ1v) is 36.9. The van der Waals surface area contributed by atoms with Crippen LogP contribution in [-0.2, 0) is 124 Å². The summed E-state index contributed by atoms with van der Waals surface area (Å²) >= 11 is 0. The molecule has 0 radical (unpaired) electrons. The second kappa shape index (κ2) is 40.7. The summed E-state index contributed by atoms with van der Waals surface area (Å²) in [6, 6.07) is 93.4. The summed E-state index contributed by atoms with van der Waals surface area (Å²) in [6.07, 6.45) is -16.7. The van der Waals surface area contributed by atoms with Gasteiger partial charge in [0.1, 0.15) is 116 Å². The van der Waals surface area contributed by atoms with Crippen molar-refractivity contribution in [1.29, 1.82) is 0 Å². The standard InChI is InChI=1S/C90H94O19/c1-63(91)94-60-77-80(108-89-86(102-57-69-38-22-9-23-39-69)82(98-53-65-30-14-5-15-31-65)79(97-52-64-28-12-4-13-29-64)76(106-89)61-95-74-48-44-72(92-2)45-49-74)84(100-55-67-34-18-7-19-35-67)87(103-58-70-40-24-10-25-41-70)90(107-77)109-81-78(62-96-75-50-46-73(93-3)47-51-75)105-88(104-59-71-42-26-11-27-43-71)85(101-56-68-36-20-8-21-37-68)83(81)99-54-66-32-16-6-17-33-66/h4-51,76-90H,52-62H2,1-3H3/t76-,77-,78-,79+,80+,81+,82+,83+,84+,85-,86-,87-,88-,89-,90-/m1/s1. The van der Waals surface area contributed by atoms with E-state index in [4.69, 9.17) is 85.3 Å². The summed E-state index contributed by atoms with van der Waals surface area (Å²) in [6.45, 7) is 1.67. The molecule has 3 heterocycles. The molecule has 19 heteroatoms. The normalized spacial score (nSPS) is 24.0. The lowest BCUT2D eigenvalue weighted by Gasteiger charge is -2.51. The van der Waals surface area contributed by atoms with Crippen LogP contribution in [0, 0.1) is 0 Å². The molecule has 15 atom stereocenters. The van der Waals surface area contributed by atoms with Crippen LogP contribution in [0.25, 0.3) is 0 Å². The van der Waals surface area contributed by atoms with Crippen LogP contribution in [0.5, 0.6) is 23.0 Å². The van der Waals surface area contributed by atoms with Gasteiger partial charge < -0.3 is 85.3 Å². The molecule has 0 saturated carbocycles. The smallest absolute Gasteiger partial charge is 0.302 e. The quantitative estimate of drug-likeness (QED) is 0.0333. The molecule has 19 nitrogen and oxygen atoms in total. The van der Waals surface area contributed by atoms with Crippen LogP contribution in [0.15, 0.2) is 291 Å². The number of methoxy groups -OCH3 is 2. The SMILES string of the molecule is COc1ccc(OC[C@H]2O[C@H](O[C@@H]3[C@H](OCc4ccccc4)[C@@H](OCc4ccccc4)[C@@H](O[C@@H]4[C@H](OCc5ccccc5)[C@@H](OCc5ccccc5)[C@H](OCc5ccccc5)O[C@@H]4COc4ccc(OC)cc4)O[C@@H]3COC(C)=O)[C@H](OCc3ccccc3)[C@@H](OCc3ccccc3)[C@H]2OCc2ccccc2)cc1. The molecule has 0 unspecified atom stereocenters.